The van der Waals surface area contributed by atoms with Crippen LogP contribution in [0, 0.1) is 0 Å². The molecule has 1 aromatic heterocycles. The molecule has 0 aromatic carbocycles. The lowest BCUT2D eigenvalue weighted by atomic mass is 10.1. The van der Waals surface area contributed by atoms with Gasteiger partial charge < -0.3 is 10.8 Å². The van der Waals surface area contributed by atoms with Crippen molar-refractivity contribution in [2.75, 3.05) is 0 Å². The standard InChI is InChI=1S/C8H8Br2N2O2.2BrH/c9-5-1-4(3-12-7(5)10)2-6(11)8(13)14;;/h1,3,6H,2,11H2,(H,13,14);2*1H. The number of aliphatic carboxylic acids is 1. The second-order valence-electron chi connectivity index (χ2n) is 2.77. The zero-order valence-corrected chi connectivity index (χ0v) is 14.5. The van der Waals surface area contributed by atoms with E-state index in [1.165, 1.54) is 0 Å². The highest BCUT2D eigenvalue weighted by Gasteiger charge is 2.12. The lowest BCUT2D eigenvalue weighted by molar-refractivity contribution is -0.138. The number of carbonyl (C=O) groups is 1. The molecule has 0 aliphatic carbocycles. The Morgan fingerprint density at radius 1 is 1.50 bits per heavy atom. The minimum Gasteiger partial charge on any atom is -0.480 e. The third kappa shape index (κ3) is 5.72. The van der Waals surface area contributed by atoms with E-state index >= 15 is 0 Å². The van der Waals surface area contributed by atoms with Gasteiger partial charge in [0.1, 0.15) is 10.6 Å². The highest BCUT2D eigenvalue weighted by molar-refractivity contribution is 9.13. The van der Waals surface area contributed by atoms with Crippen molar-refractivity contribution in [2.24, 2.45) is 5.73 Å². The summed E-state index contributed by atoms with van der Waals surface area (Å²) >= 11 is 6.49. The number of carboxylic acid groups (broad SMARTS) is 1. The number of nitrogens with zero attached hydrogens (tertiary/aromatic N) is 1. The molecule has 1 heterocycles. The Labute approximate surface area is 131 Å². The van der Waals surface area contributed by atoms with Crippen LogP contribution in [0.5, 0.6) is 0 Å². The van der Waals surface area contributed by atoms with Gasteiger partial charge in [-0.25, -0.2) is 4.98 Å². The quantitative estimate of drug-likeness (QED) is 0.646. The molecule has 0 amide bonds. The molecule has 3 N–H and O–H groups in total. The van der Waals surface area contributed by atoms with E-state index in [1.807, 2.05) is 0 Å². The summed E-state index contributed by atoms with van der Waals surface area (Å²) < 4.78 is 1.47. The van der Waals surface area contributed by atoms with Gasteiger partial charge in [0.2, 0.25) is 0 Å². The van der Waals surface area contributed by atoms with Gasteiger partial charge in [0, 0.05) is 6.20 Å². The Hall–Kier alpha value is 0.500. The van der Waals surface area contributed by atoms with Crippen LogP contribution in [0.2, 0.25) is 0 Å². The zero-order valence-electron chi connectivity index (χ0n) is 7.89. The summed E-state index contributed by atoms with van der Waals surface area (Å²) in [5, 5.41) is 8.60. The van der Waals surface area contributed by atoms with Gasteiger partial charge in [0.15, 0.2) is 0 Å². The van der Waals surface area contributed by atoms with Crippen molar-refractivity contribution >= 4 is 71.8 Å². The Kier molecular flexibility index (Phi) is 10.1. The lowest BCUT2D eigenvalue weighted by Crippen LogP contribution is -2.32. The number of carboxylic acids is 1. The largest absolute Gasteiger partial charge is 0.480 e. The molecule has 16 heavy (non-hydrogen) atoms. The van der Waals surface area contributed by atoms with Crippen LogP contribution in [-0.2, 0) is 11.2 Å². The van der Waals surface area contributed by atoms with Crippen molar-refractivity contribution in [3.8, 4) is 0 Å². The van der Waals surface area contributed by atoms with Crippen molar-refractivity contribution in [1.29, 1.82) is 0 Å². The van der Waals surface area contributed by atoms with Crippen LogP contribution in [-0.4, -0.2) is 22.1 Å². The first-order valence-electron chi connectivity index (χ1n) is 3.79. The second kappa shape index (κ2) is 8.57. The molecule has 1 aromatic rings. The Bertz CT molecular complexity index is 362. The fourth-order valence-electron chi connectivity index (χ4n) is 0.914. The summed E-state index contributed by atoms with van der Waals surface area (Å²) in [7, 11) is 0. The zero-order chi connectivity index (χ0) is 10.7. The monoisotopic (exact) mass is 482 g/mol. The third-order valence-electron chi connectivity index (χ3n) is 1.63. The fourth-order valence-corrected chi connectivity index (χ4v) is 1.53. The number of halogens is 4. The van der Waals surface area contributed by atoms with E-state index in [0.29, 0.717) is 4.60 Å². The van der Waals surface area contributed by atoms with Crippen LogP contribution >= 0.6 is 65.8 Å². The maximum Gasteiger partial charge on any atom is 0.320 e. The van der Waals surface area contributed by atoms with Gasteiger partial charge in [-0.15, -0.1) is 34.0 Å². The van der Waals surface area contributed by atoms with Gasteiger partial charge in [-0.3, -0.25) is 4.79 Å². The molecule has 1 atom stereocenters. The number of pyridine rings is 1. The summed E-state index contributed by atoms with van der Waals surface area (Å²) in [6.45, 7) is 0. The summed E-state index contributed by atoms with van der Waals surface area (Å²) in [5.74, 6) is -1.01. The maximum atomic E-state index is 10.5. The SMILES string of the molecule is Br.Br.NC(Cc1cnc(Br)c(Br)c1)C(=O)O. The van der Waals surface area contributed by atoms with E-state index in [2.05, 4.69) is 36.8 Å². The van der Waals surface area contributed by atoms with Crippen LogP contribution in [0.3, 0.4) is 0 Å². The molecule has 0 bridgehead atoms. The Balaban J connectivity index is 0. The summed E-state index contributed by atoms with van der Waals surface area (Å²) in [6.07, 6.45) is 1.87. The van der Waals surface area contributed by atoms with Crippen molar-refractivity contribution in [2.45, 2.75) is 12.5 Å². The van der Waals surface area contributed by atoms with E-state index < -0.39 is 12.0 Å². The normalized spacial score (nSPS) is 10.9. The number of hydrogen-bond donors (Lipinski definition) is 2. The van der Waals surface area contributed by atoms with Crippen LogP contribution < -0.4 is 5.73 Å². The highest BCUT2D eigenvalue weighted by atomic mass is 79.9. The van der Waals surface area contributed by atoms with Gasteiger partial charge in [0.05, 0.1) is 4.47 Å². The van der Waals surface area contributed by atoms with E-state index in [0.717, 1.165) is 10.0 Å². The van der Waals surface area contributed by atoms with E-state index in [9.17, 15) is 4.79 Å². The van der Waals surface area contributed by atoms with Crippen LogP contribution in [0.15, 0.2) is 21.3 Å². The van der Waals surface area contributed by atoms with Gasteiger partial charge >= 0.3 is 5.97 Å². The van der Waals surface area contributed by atoms with Crippen LogP contribution in [0.4, 0.5) is 0 Å². The van der Waals surface area contributed by atoms with Gasteiger partial charge in [-0.2, -0.15) is 0 Å². The van der Waals surface area contributed by atoms with Gasteiger partial charge in [-0.05, 0) is 49.9 Å². The third-order valence-corrected chi connectivity index (χ3v) is 3.39. The van der Waals surface area contributed by atoms with Crippen LogP contribution in [0.1, 0.15) is 5.56 Å². The van der Waals surface area contributed by atoms with Crippen molar-refractivity contribution in [3.63, 3.8) is 0 Å². The molecular formula is C8H10Br4N2O2. The summed E-state index contributed by atoms with van der Waals surface area (Å²) in [5.41, 5.74) is 6.17. The topological polar surface area (TPSA) is 76.2 Å². The molecule has 0 radical (unpaired) electrons. The number of aromatic nitrogens is 1. The molecular weight excluding hydrogens is 476 g/mol. The maximum absolute atomic E-state index is 10.5. The summed E-state index contributed by atoms with van der Waals surface area (Å²) in [6, 6.07) is 0.907. The molecule has 4 nitrogen and oxygen atoms in total. The Morgan fingerprint density at radius 3 is 2.50 bits per heavy atom. The van der Waals surface area contributed by atoms with Crippen molar-refractivity contribution < 1.29 is 9.90 Å². The first kappa shape index (κ1) is 18.9. The molecule has 0 aliphatic rings. The molecule has 1 unspecified atom stereocenters. The average Bonchev–Trinajstić information content (AvgIpc) is 2.11. The van der Waals surface area contributed by atoms with Gasteiger partial charge in [-0.1, -0.05) is 0 Å². The minimum absolute atomic E-state index is 0. The molecule has 1 rings (SSSR count). The lowest BCUT2D eigenvalue weighted by Gasteiger charge is -2.06. The molecule has 0 aliphatic heterocycles. The number of hydrogen-bond acceptors (Lipinski definition) is 3. The predicted octanol–water partition coefficient (Wildman–Crippen LogP) is 2.72. The van der Waals surface area contributed by atoms with Gasteiger partial charge in [0.25, 0.3) is 0 Å². The van der Waals surface area contributed by atoms with Crippen molar-refractivity contribution in [3.05, 3.63) is 26.9 Å². The number of rotatable bonds is 3. The minimum atomic E-state index is -1.01. The molecule has 0 saturated carbocycles. The fraction of sp³-hybridized carbons (Fsp3) is 0.250. The van der Waals surface area contributed by atoms with E-state index in [1.54, 1.807) is 12.3 Å². The van der Waals surface area contributed by atoms with Crippen LogP contribution in [0.25, 0.3) is 0 Å². The van der Waals surface area contributed by atoms with E-state index in [4.69, 9.17) is 10.8 Å². The van der Waals surface area contributed by atoms with E-state index in [-0.39, 0.29) is 40.4 Å². The average molecular weight is 486 g/mol. The number of nitrogens with two attached hydrogens (primary N) is 1. The smallest absolute Gasteiger partial charge is 0.320 e. The Morgan fingerprint density at radius 2 is 2.06 bits per heavy atom. The molecule has 8 heteroatoms. The molecule has 0 saturated heterocycles. The molecule has 0 spiro atoms. The van der Waals surface area contributed by atoms with Crippen molar-refractivity contribution in [1.82, 2.24) is 4.98 Å². The second-order valence-corrected chi connectivity index (χ2v) is 4.37. The first-order chi connectivity index (χ1) is 6.50. The highest BCUT2D eigenvalue weighted by Crippen LogP contribution is 2.21. The summed E-state index contributed by atoms with van der Waals surface area (Å²) in [4.78, 5) is 14.5. The first-order valence-corrected chi connectivity index (χ1v) is 5.37. The molecule has 92 valence electrons. The predicted molar refractivity (Wildman–Crippen MR) is 79.6 cm³/mol. The molecule has 0 fully saturated rings.